The molecule has 36 heavy (non-hydrogen) atoms. The molecule has 2 aliphatic carbocycles. The number of amides is 4. The normalized spacial score (nSPS) is 22.4. The van der Waals surface area contributed by atoms with E-state index in [0.717, 1.165) is 31.2 Å². The van der Waals surface area contributed by atoms with Gasteiger partial charge in [0.05, 0.1) is 18.9 Å². The Labute approximate surface area is 213 Å². The molecule has 0 radical (unpaired) electrons. The fraction of sp³-hybridized carbons (Fsp3) is 0.571. The first-order valence-corrected chi connectivity index (χ1v) is 13.2. The lowest BCUT2D eigenvalue weighted by molar-refractivity contribution is -0.144. The third-order valence-corrected chi connectivity index (χ3v) is 7.75. The molecule has 4 amide bonds. The van der Waals surface area contributed by atoms with E-state index in [9.17, 15) is 19.2 Å². The second kappa shape index (κ2) is 11.7. The minimum atomic E-state index is -0.628. The summed E-state index contributed by atoms with van der Waals surface area (Å²) in [6.07, 6.45) is 9.64. The van der Waals surface area contributed by atoms with Crippen molar-refractivity contribution in [2.75, 3.05) is 13.7 Å². The van der Waals surface area contributed by atoms with Crippen LogP contribution < -0.4 is 10.1 Å². The van der Waals surface area contributed by atoms with Gasteiger partial charge in [0.2, 0.25) is 23.6 Å². The molecule has 4 rings (SSSR count). The molecule has 1 saturated heterocycles. The summed E-state index contributed by atoms with van der Waals surface area (Å²) in [5.41, 5.74) is 0.877. The quantitative estimate of drug-likeness (QED) is 0.397. The van der Waals surface area contributed by atoms with E-state index in [-0.39, 0.29) is 61.0 Å². The summed E-state index contributed by atoms with van der Waals surface area (Å²) in [4.78, 5) is 55.4. The van der Waals surface area contributed by atoms with Gasteiger partial charge in [-0.2, -0.15) is 0 Å². The Morgan fingerprint density at radius 1 is 1.06 bits per heavy atom. The summed E-state index contributed by atoms with van der Waals surface area (Å²) in [5.74, 6) is -0.666. The number of carbonyl (C=O) groups is 4. The Bertz CT molecular complexity index is 973. The Morgan fingerprint density at radius 3 is 2.22 bits per heavy atom. The maximum atomic E-state index is 13.6. The summed E-state index contributed by atoms with van der Waals surface area (Å²) in [6.45, 7) is 2.21. The zero-order chi connectivity index (χ0) is 25.7. The van der Waals surface area contributed by atoms with Crippen LogP contribution in [-0.2, 0) is 25.7 Å². The van der Waals surface area contributed by atoms with Crippen LogP contribution in [0.15, 0.2) is 36.4 Å². The Kier molecular flexibility index (Phi) is 8.44. The first kappa shape index (κ1) is 25.9. The minimum absolute atomic E-state index is 0.00624. The molecule has 194 valence electrons. The monoisotopic (exact) mass is 495 g/mol. The van der Waals surface area contributed by atoms with Crippen molar-refractivity contribution in [3.05, 3.63) is 42.0 Å². The van der Waals surface area contributed by atoms with E-state index in [2.05, 4.69) is 5.32 Å². The number of hydrogen-bond acceptors (Lipinski definition) is 5. The van der Waals surface area contributed by atoms with Crippen molar-refractivity contribution in [1.82, 2.24) is 15.1 Å². The first-order chi connectivity index (χ1) is 17.4. The van der Waals surface area contributed by atoms with Crippen LogP contribution in [0.1, 0.15) is 63.9 Å². The molecule has 3 aliphatic rings. The molecule has 0 aromatic heterocycles. The van der Waals surface area contributed by atoms with Crippen LogP contribution in [0, 0.1) is 11.8 Å². The number of allylic oxidation sites excluding steroid dienone is 2. The summed E-state index contributed by atoms with van der Waals surface area (Å²) in [5, 5.41) is 3.14. The number of nitrogens with zero attached hydrogens (tertiary/aromatic N) is 2. The molecule has 0 spiro atoms. The van der Waals surface area contributed by atoms with Crippen molar-refractivity contribution in [2.24, 2.45) is 11.8 Å². The van der Waals surface area contributed by atoms with Gasteiger partial charge in [0.1, 0.15) is 11.8 Å². The van der Waals surface area contributed by atoms with Crippen molar-refractivity contribution >= 4 is 23.6 Å². The molecular weight excluding hydrogens is 458 g/mol. The number of methoxy groups -OCH3 is 1. The van der Waals surface area contributed by atoms with Gasteiger partial charge in [-0.3, -0.25) is 24.1 Å². The fourth-order valence-electron chi connectivity index (χ4n) is 5.66. The predicted molar refractivity (Wildman–Crippen MR) is 135 cm³/mol. The third kappa shape index (κ3) is 5.63. The maximum absolute atomic E-state index is 13.6. The summed E-state index contributed by atoms with van der Waals surface area (Å²) in [6, 6.07) is 6.94. The number of imide groups is 1. The Hall–Kier alpha value is -3.16. The average Bonchev–Trinajstić information content (AvgIpc) is 3.49. The minimum Gasteiger partial charge on any atom is -0.497 e. The van der Waals surface area contributed by atoms with Crippen LogP contribution in [0.25, 0.3) is 0 Å². The van der Waals surface area contributed by atoms with Gasteiger partial charge in [-0.15, -0.1) is 0 Å². The highest BCUT2D eigenvalue weighted by Crippen LogP contribution is 2.35. The molecule has 3 atom stereocenters. The van der Waals surface area contributed by atoms with Crippen molar-refractivity contribution in [3.8, 4) is 5.75 Å². The number of fused-ring (bicyclic) bond motifs is 1. The molecule has 1 heterocycles. The summed E-state index contributed by atoms with van der Waals surface area (Å²) < 4.78 is 5.24. The lowest BCUT2D eigenvalue weighted by Crippen LogP contribution is -2.51. The topological polar surface area (TPSA) is 96.0 Å². The third-order valence-electron chi connectivity index (χ3n) is 7.75. The van der Waals surface area contributed by atoms with E-state index in [4.69, 9.17) is 4.74 Å². The van der Waals surface area contributed by atoms with Crippen molar-refractivity contribution in [3.63, 3.8) is 0 Å². The van der Waals surface area contributed by atoms with Crippen LogP contribution in [0.3, 0.4) is 0 Å². The first-order valence-electron chi connectivity index (χ1n) is 13.2. The summed E-state index contributed by atoms with van der Waals surface area (Å²) in [7, 11) is 1.60. The van der Waals surface area contributed by atoms with Gasteiger partial charge in [0, 0.05) is 25.6 Å². The average molecular weight is 496 g/mol. The van der Waals surface area contributed by atoms with Crippen LogP contribution in [-0.4, -0.2) is 59.2 Å². The van der Waals surface area contributed by atoms with E-state index < -0.39 is 6.04 Å². The van der Waals surface area contributed by atoms with Gasteiger partial charge in [0.25, 0.3) is 0 Å². The van der Waals surface area contributed by atoms with Crippen LogP contribution in [0.4, 0.5) is 0 Å². The van der Waals surface area contributed by atoms with Crippen molar-refractivity contribution < 1.29 is 23.9 Å². The SMILES string of the molecule is CCC(C(=O)NC1CCCC1)N(Cc1ccc(OC)cc1)C(=O)CCN1C(=O)[C@H]2CC=CC[C@H]2C1=O. The second-order valence-corrected chi connectivity index (χ2v) is 10.0. The van der Waals surface area contributed by atoms with E-state index >= 15 is 0 Å². The molecule has 1 unspecified atom stereocenters. The fourth-order valence-corrected chi connectivity index (χ4v) is 5.66. The zero-order valence-corrected chi connectivity index (χ0v) is 21.3. The maximum Gasteiger partial charge on any atom is 0.243 e. The van der Waals surface area contributed by atoms with E-state index in [1.54, 1.807) is 12.0 Å². The van der Waals surface area contributed by atoms with Gasteiger partial charge in [-0.05, 0) is 49.8 Å². The molecule has 0 bridgehead atoms. The van der Waals surface area contributed by atoms with Crippen molar-refractivity contribution in [2.45, 2.75) is 76.9 Å². The highest BCUT2D eigenvalue weighted by Gasteiger charge is 2.47. The highest BCUT2D eigenvalue weighted by atomic mass is 16.5. The van der Waals surface area contributed by atoms with Gasteiger partial charge in [-0.25, -0.2) is 0 Å². The number of nitrogens with one attached hydrogen (secondary N) is 1. The zero-order valence-electron chi connectivity index (χ0n) is 21.3. The molecule has 8 nitrogen and oxygen atoms in total. The van der Waals surface area contributed by atoms with Crippen LogP contribution in [0.5, 0.6) is 5.75 Å². The number of hydrogen-bond donors (Lipinski definition) is 1. The largest absolute Gasteiger partial charge is 0.497 e. The van der Waals surface area contributed by atoms with Gasteiger partial charge >= 0.3 is 0 Å². The van der Waals surface area contributed by atoms with Crippen LogP contribution >= 0.6 is 0 Å². The number of carbonyl (C=O) groups excluding carboxylic acids is 4. The molecule has 1 aliphatic heterocycles. The lowest BCUT2D eigenvalue weighted by atomic mass is 9.85. The molecule has 1 aromatic carbocycles. The highest BCUT2D eigenvalue weighted by molar-refractivity contribution is 6.05. The predicted octanol–water partition coefficient (Wildman–Crippen LogP) is 3.20. The van der Waals surface area contributed by atoms with E-state index in [1.807, 2.05) is 43.3 Å². The number of ether oxygens (including phenoxy) is 1. The standard InChI is InChI=1S/C28H37N3O5/c1-3-24(26(33)29-20-8-4-5-9-20)31(18-19-12-14-21(36-2)15-13-19)25(32)16-17-30-27(34)22-10-6-7-11-23(22)28(30)35/h6-7,12-15,20,22-24H,3-5,8-11,16-18H2,1-2H3,(H,29,33)/t22-,23+,24?. The molecule has 1 saturated carbocycles. The van der Waals surface area contributed by atoms with E-state index in [1.165, 1.54) is 4.90 Å². The lowest BCUT2D eigenvalue weighted by Gasteiger charge is -2.32. The van der Waals surface area contributed by atoms with Gasteiger partial charge in [-0.1, -0.05) is 44.1 Å². The number of rotatable bonds is 10. The molecule has 1 aromatic rings. The van der Waals surface area contributed by atoms with Crippen molar-refractivity contribution in [1.29, 1.82) is 0 Å². The Morgan fingerprint density at radius 2 is 1.67 bits per heavy atom. The van der Waals surface area contributed by atoms with E-state index in [0.29, 0.717) is 25.0 Å². The number of likely N-dealkylation sites (tertiary alicyclic amines) is 1. The van der Waals surface area contributed by atoms with Crippen LogP contribution in [0.2, 0.25) is 0 Å². The number of benzene rings is 1. The second-order valence-electron chi connectivity index (χ2n) is 10.0. The molecule has 2 fully saturated rings. The van der Waals surface area contributed by atoms with Gasteiger partial charge in [0.15, 0.2) is 0 Å². The Balaban J connectivity index is 1.48. The van der Waals surface area contributed by atoms with Gasteiger partial charge < -0.3 is 15.0 Å². The molecule has 8 heteroatoms. The molecular formula is C28H37N3O5. The smallest absolute Gasteiger partial charge is 0.243 e. The summed E-state index contributed by atoms with van der Waals surface area (Å²) >= 11 is 0. The molecule has 1 N–H and O–H groups in total.